The van der Waals surface area contributed by atoms with Gasteiger partial charge in [0, 0.05) is 12.6 Å². The van der Waals surface area contributed by atoms with Gasteiger partial charge in [0.05, 0.1) is 11.0 Å². The van der Waals surface area contributed by atoms with Gasteiger partial charge in [-0.05, 0) is 32.0 Å². The molecular weight excluding hydrogens is 276 g/mol. The van der Waals surface area contributed by atoms with Gasteiger partial charge in [-0.3, -0.25) is 10.1 Å². The first kappa shape index (κ1) is 16.9. The van der Waals surface area contributed by atoms with Gasteiger partial charge in [-0.1, -0.05) is 13.0 Å². The highest BCUT2D eigenvalue weighted by atomic mass is 16.6. The monoisotopic (exact) mass is 296 g/mol. The molecule has 0 unspecified atom stereocenters. The van der Waals surface area contributed by atoms with Crippen molar-refractivity contribution in [3.8, 4) is 5.75 Å². The Bertz CT molecular complexity index is 502. The molecule has 7 nitrogen and oxygen atoms in total. The maximum Gasteiger partial charge on any atom is 0.344 e. The van der Waals surface area contributed by atoms with E-state index >= 15 is 0 Å². The zero-order chi connectivity index (χ0) is 15.8. The van der Waals surface area contributed by atoms with Gasteiger partial charge in [0.25, 0.3) is 0 Å². The lowest BCUT2D eigenvalue weighted by atomic mass is 10.2. The van der Waals surface area contributed by atoms with Gasteiger partial charge in [-0.2, -0.15) is 0 Å². The molecule has 0 saturated carbocycles. The summed E-state index contributed by atoms with van der Waals surface area (Å²) in [7, 11) is 0. The third kappa shape index (κ3) is 5.78. The number of nitro groups is 1. The fourth-order valence-electron chi connectivity index (χ4n) is 1.64. The number of nitro benzene ring substituents is 1. The molecule has 21 heavy (non-hydrogen) atoms. The zero-order valence-electron chi connectivity index (χ0n) is 12.4. The second-order valence-electron chi connectivity index (χ2n) is 4.67. The molecule has 1 rings (SSSR count). The van der Waals surface area contributed by atoms with Crippen molar-refractivity contribution in [1.29, 1.82) is 0 Å². The minimum absolute atomic E-state index is 0.0658. The predicted octanol–water partition coefficient (Wildman–Crippen LogP) is 2.03. The summed E-state index contributed by atoms with van der Waals surface area (Å²) in [5, 5.41) is 14.1. The summed E-state index contributed by atoms with van der Waals surface area (Å²) in [6.45, 7) is 6.40. The maximum absolute atomic E-state index is 11.4. The number of hydrogen-bond acceptors (Lipinski definition) is 6. The molecule has 7 heteroatoms. The summed E-state index contributed by atoms with van der Waals surface area (Å²) in [4.78, 5) is 21.9. The van der Waals surface area contributed by atoms with Crippen LogP contribution in [0.1, 0.15) is 26.3 Å². The average Bonchev–Trinajstić information content (AvgIpc) is 2.42. The van der Waals surface area contributed by atoms with Gasteiger partial charge < -0.3 is 14.8 Å². The second-order valence-corrected chi connectivity index (χ2v) is 4.67. The number of carbonyl (C=O) groups excluding carboxylic acids is 1. The third-order valence-electron chi connectivity index (χ3n) is 2.51. The number of hydrogen-bond donors (Lipinski definition) is 1. The Balaban J connectivity index is 2.80. The van der Waals surface area contributed by atoms with Crippen LogP contribution in [0.25, 0.3) is 0 Å². The summed E-state index contributed by atoms with van der Waals surface area (Å²) in [5.41, 5.74) is 0.669. The Labute approximate surface area is 123 Å². The number of benzene rings is 1. The van der Waals surface area contributed by atoms with Crippen LogP contribution in [0.4, 0.5) is 5.69 Å². The van der Waals surface area contributed by atoms with E-state index in [1.165, 1.54) is 6.07 Å². The Kier molecular flexibility index (Phi) is 6.61. The van der Waals surface area contributed by atoms with E-state index in [1.54, 1.807) is 26.0 Å². The highest BCUT2D eigenvalue weighted by Gasteiger charge is 2.17. The van der Waals surface area contributed by atoms with Gasteiger partial charge in [-0.15, -0.1) is 0 Å². The molecule has 0 radical (unpaired) electrons. The smallest absolute Gasteiger partial charge is 0.344 e. The topological polar surface area (TPSA) is 90.7 Å². The summed E-state index contributed by atoms with van der Waals surface area (Å²) >= 11 is 0. The molecule has 1 aromatic rings. The van der Waals surface area contributed by atoms with E-state index in [0.717, 1.165) is 12.1 Å². The van der Waals surface area contributed by atoms with E-state index in [1.807, 2.05) is 6.92 Å². The van der Waals surface area contributed by atoms with E-state index < -0.39 is 10.9 Å². The number of ether oxygens (including phenoxy) is 2. The van der Waals surface area contributed by atoms with Crippen molar-refractivity contribution in [3.05, 3.63) is 33.9 Å². The van der Waals surface area contributed by atoms with Gasteiger partial charge in [-0.25, -0.2) is 4.79 Å². The highest BCUT2D eigenvalue weighted by molar-refractivity contribution is 5.71. The summed E-state index contributed by atoms with van der Waals surface area (Å²) < 4.78 is 10.2. The number of nitrogens with one attached hydrogen (secondary N) is 1. The number of carbonyl (C=O) groups is 1. The summed E-state index contributed by atoms with van der Waals surface area (Å²) in [5.74, 6) is -0.493. The molecule has 0 atom stereocenters. The van der Waals surface area contributed by atoms with E-state index in [0.29, 0.717) is 6.54 Å². The molecular formula is C14H20N2O5. The van der Waals surface area contributed by atoms with Crippen molar-refractivity contribution in [2.45, 2.75) is 33.4 Å². The molecule has 0 amide bonds. The average molecular weight is 296 g/mol. The quantitative estimate of drug-likeness (QED) is 0.448. The minimum atomic E-state index is -0.559. The van der Waals surface area contributed by atoms with Gasteiger partial charge >= 0.3 is 11.7 Å². The normalized spacial score (nSPS) is 10.5. The molecule has 0 spiro atoms. The molecule has 0 aliphatic rings. The van der Waals surface area contributed by atoms with Crippen LogP contribution in [-0.2, 0) is 16.1 Å². The fraction of sp³-hybridized carbons (Fsp3) is 0.500. The van der Waals surface area contributed by atoms with Crippen LogP contribution in [0.15, 0.2) is 18.2 Å². The third-order valence-corrected chi connectivity index (χ3v) is 2.51. The van der Waals surface area contributed by atoms with E-state index in [4.69, 9.17) is 9.47 Å². The maximum atomic E-state index is 11.4. The Morgan fingerprint density at radius 1 is 1.43 bits per heavy atom. The van der Waals surface area contributed by atoms with Crippen LogP contribution in [-0.4, -0.2) is 30.1 Å². The van der Waals surface area contributed by atoms with Crippen LogP contribution < -0.4 is 10.1 Å². The van der Waals surface area contributed by atoms with Crippen molar-refractivity contribution in [2.75, 3.05) is 13.2 Å². The fourth-order valence-corrected chi connectivity index (χ4v) is 1.64. The first-order chi connectivity index (χ1) is 9.93. The van der Waals surface area contributed by atoms with E-state index in [-0.39, 0.29) is 24.1 Å². The molecule has 1 aromatic carbocycles. The van der Waals surface area contributed by atoms with Crippen LogP contribution in [0.5, 0.6) is 5.75 Å². The highest BCUT2D eigenvalue weighted by Crippen LogP contribution is 2.28. The van der Waals surface area contributed by atoms with Crippen LogP contribution in [0, 0.1) is 10.1 Å². The summed E-state index contributed by atoms with van der Waals surface area (Å²) in [6, 6.07) is 4.58. The predicted molar refractivity (Wildman–Crippen MR) is 77.2 cm³/mol. The van der Waals surface area contributed by atoms with Gasteiger partial charge in [0.2, 0.25) is 0 Å². The standard InChI is InChI=1S/C14H20N2O5/c1-4-15-8-11-5-6-12(16(18)19)13(7-11)20-9-14(17)21-10(2)3/h5-7,10,15H,4,8-9H2,1-3H3. The SMILES string of the molecule is CCNCc1ccc([N+](=O)[O-])c(OCC(=O)OC(C)C)c1. The Morgan fingerprint density at radius 2 is 2.14 bits per heavy atom. The number of esters is 1. The molecule has 0 aliphatic heterocycles. The second kappa shape index (κ2) is 8.21. The Morgan fingerprint density at radius 3 is 2.71 bits per heavy atom. The molecule has 0 heterocycles. The molecule has 0 fully saturated rings. The first-order valence-corrected chi connectivity index (χ1v) is 6.74. The van der Waals surface area contributed by atoms with Crippen molar-refractivity contribution in [1.82, 2.24) is 5.32 Å². The lowest BCUT2D eigenvalue weighted by Gasteiger charge is -2.10. The zero-order valence-corrected chi connectivity index (χ0v) is 12.4. The molecule has 0 aliphatic carbocycles. The number of nitrogens with zero attached hydrogens (tertiary/aromatic N) is 1. The van der Waals surface area contributed by atoms with Crippen LogP contribution >= 0.6 is 0 Å². The molecule has 0 aromatic heterocycles. The van der Waals surface area contributed by atoms with Crippen LogP contribution in [0.3, 0.4) is 0 Å². The molecule has 0 saturated heterocycles. The lowest BCUT2D eigenvalue weighted by molar-refractivity contribution is -0.385. The lowest BCUT2D eigenvalue weighted by Crippen LogP contribution is -2.19. The van der Waals surface area contributed by atoms with Crippen LogP contribution in [0.2, 0.25) is 0 Å². The number of rotatable bonds is 8. The minimum Gasteiger partial charge on any atom is -0.475 e. The molecule has 1 N–H and O–H groups in total. The van der Waals surface area contributed by atoms with Gasteiger partial charge in [0.15, 0.2) is 12.4 Å². The van der Waals surface area contributed by atoms with E-state index in [2.05, 4.69) is 5.32 Å². The summed E-state index contributed by atoms with van der Waals surface area (Å²) in [6.07, 6.45) is -0.254. The Hall–Kier alpha value is -2.15. The van der Waals surface area contributed by atoms with Crippen molar-refractivity contribution in [2.24, 2.45) is 0 Å². The van der Waals surface area contributed by atoms with Crippen molar-refractivity contribution in [3.63, 3.8) is 0 Å². The van der Waals surface area contributed by atoms with Crippen molar-refractivity contribution >= 4 is 11.7 Å². The van der Waals surface area contributed by atoms with Gasteiger partial charge in [0.1, 0.15) is 0 Å². The molecule has 116 valence electrons. The first-order valence-electron chi connectivity index (χ1n) is 6.74. The van der Waals surface area contributed by atoms with Crippen molar-refractivity contribution < 1.29 is 19.2 Å². The molecule has 0 bridgehead atoms. The van der Waals surface area contributed by atoms with E-state index in [9.17, 15) is 14.9 Å². The largest absolute Gasteiger partial charge is 0.475 e.